The SMILES string of the molecule is COc1ccc(S(=O)(=O)N2CCC(CC(=O)Nc3ccc4cc3CCc3cccc(c3)Nc3ncc(Cl)c(n3)N4)CC2)cc1.O=C(O)C(F)(F)F. The number of benzene rings is 3. The van der Waals surface area contributed by atoms with Crippen LogP contribution in [0.5, 0.6) is 5.75 Å². The standard InChI is InChI=1S/C32H33ClN6O4S.C2HF3O2/c1-43-26-8-10-27(11-9-26)44(41,42)39-15-13-22(14-16-39)18-30(40)37-29-12-7-25-19-23(29)6-5-21-3-2-4-24(17-21)36-32-34-20-28(33)31(35-25)38-32;3-2(4,5)1(6)7/h2-4,7-12,17,19-20,22H,5-6,13-16,18H2,1H3,(H,37,40)(H2,34,35,36,38);(H,6,7). The number of halogens is 4. The lowest BCUT2D eigenvalue weighted by molar-refractivity contribution is -0.192. The molecule has 0 radical (unpaired) electrons. The van der Waals surface area contributed by atoms with E-state index >= 15 is 0 Å². The summed E-state index contributed by atoms with van der Waals surface area (Å²) >= 11 is 6.39. The smallest absolute Gasteiger partial charge is 0.490 e. The van der Waals surface area contributed by atoms with Gasteiger partial charge in [-0.15, -0.1) is 0 Å². The molecule has 2 aliphatic rings. The van der Waals surface area contributed by atoms with Gasteiger partial charge >= 0.3 is 12.1 Å². The minimum Gasteiger partial charge on any atom is -0.497 e. The van der Waals surface area contributed by atoms with Gasteiger partial charge in [-0.25, -0.2) is 18.2 Å². The van der Waals surface area contributed by atoms with Gasteiger partial charge in [0.1, 0.15) is 10.8 Å². The van der Waals surface area contributed by atoms with Crippen LogP contribution in [0.15, 0.2) is 77.8 Å². The number of nitrogens with zero attached hydrogens (tertiary/aromatic N) is 3. The minimum absolute atomic E-state index is 0.0870. The number of carboxylic acids is 1. The molecule has 0 aliphatic carbocycles. The van der Waals surface area contributed by atoms with Crippen LogP contribution in [0.1, 0.15) is 30.4 Å². The molecule has 2 aliphatic heterocycles. The van der Waals surface area contributed by atoms with E-state index in [1.807, 2.05) is 30.3 Å². The summed E-state index contributed by atoms with van der Waals surface area (Å²) in [6.45, 7) is 0.748. The zero-order chi connectivity index (χ0) is 36.8. The first-order valence-electron chi connectivity index (χ1n) is 15.7. The number of aromatic nitrogens is 2. The minimum atomic E-state index is -5.08. The highest BCUT2D eigenvalue weighted by molar-refractivity contribution is 7.89. The Hall–Kier alpha value is -4.93. The molecule has 270 valence electrons. The Bertz CT molecular complexity index is 1990. The second-order valence-electron chi connectivity index (χ2n) is 11.8. The van der Waals surface area contributed by atoms with Crippen molar-refractivity contribution in [2.24, 2.45) is 5.92 Å². The van der Waals surface area contributed by atoms with Crippen LogP contribution in [0, 0.1) is 5.92 Å². The molecule has 3 heterocycles. The largest absolute Gasteiger partial charge is 0.497 e. The number of alkyl halides is 3. The van der Waals surface area contributed by atoms with Crippen molar-refractivity contribution in [3.8, 4) is 5.75 Å². The number of anilines is 5. The van der Waals surface area contributed by atoms with E-state index < -0.39 is 22.2 Å². The number of carboxylic acid groups (broad SMARTS) is 1. The van der Waals surface area contributed by atoms with Crippen LogP contribution in [0.3, 0.4) is 0 Å². The highest BCUT2D eigenvalue weighted by Crippen LogP contribution is 2.31. The Morgan fingerprint density at radius 1 is 1.02 bits per heavy atom. The van der Waals surface area contributed by atoms with Crippen molar-refractivity contribution in [2.75, 3.05) is 36.1 Å². The van der Waals surface area contributed by atoms with Gasteiger partial charge in [0.2, 0.25) is 21.9 Å². The molecule has 0 unspecified atom stereocenters. The van der Waals surface area contributed by atoms with Crippen molar-refractivity contribution in [2.45, 2.75) is 43.2 Å². The molecule has 0 atom stereocenters. The first kappa shape index (κ1) is 37.3. The number of aliphatic carboxylic acids is 1. The molecule has 6 rings (SSSR count). The van der Waals surface area contributed by atoms with E-state index in [0.717, 1.165) is 34.6 Å². The lowest BCUT2D eigenvalue weighted by Crippen LogP contribution is -2.39. The van der Waals surface area contributed by atoms with E-state index in [1.54, 1.807) is 37.6 Å². The lowest BCUT2D eigenvalue weighted by atomic mass is 9.94. The number of sulfonamides is 1. The van der Waals surface area contributed by atoms with Crippen LogP contribution in [0.4, 0.5) is 42.0 Å². The number of hydrogen-bond acceptors (Lipinski definition) is 9. The van der Waals surface area contributed by atoms with Crippen LogP contribution in [0.2, 0.25) is 5.02 Å². The lowest BCUT2D eigenvalue weighted by Gasteiger charge is -2.31. The van der Waals surface area contributed by atoms with Gasteiger partial charge in [-0.2, -0.15) is 22.5 Å². The van der Waals surface area contributed by atoms with Gasteiger partial charge in [-0.3, -0.25) is 4.79 Å². The van der Waals surface area contributed by atoms with Crippen LogP contribution < -0.4 is 20.7 Å². The summed E-state index contributed by atoms with van der Waals surface area (Å²) in [5.74, 6) is -1.24. The van der Waals surface area contributed by atoms with Gasteiger partial charge in [0.05, 0.1) is 18.2 Å². The molecule has 17 heteroatoms. The third kappa shape index (κ3) is 9.86. The second kappa shape index (κ2) is 16.0. The molecule has 1 amide bonds. The van der Waals surface area contributed by atoms with Crippen LogP contribution in [-0.4, -0.2) is 66.0 Å². The van der Waals surface area contributed by atoms with Gasteiger partial charge in [0, 0.05) is 36.6 Å². The van der Waals surface area contributed by atoms with E-state index in [1.165, 1.54) is 4.31 Å². The van der Waals surface area contributed by atoms with Gasteiger partial charge in [-0.05, 0) is 97.3 Å². The van der Waals surface area contributed by atoms with E-state index in [9.17, 15) is 26.4 Å². The summed E-state index contributed by atoms with van der Waals surface area (Å²) in [4.78, 5) is 31.2. The summed E-state index contributed by atoms with van der Waals surface area (Å²) < 4.78 is 64.6. The normalized spacial score (nSPS) is 14.9. The monoisotopic (exact) mass is 746 g/mol. The third-order valence-electron chi connectivity index (χ3n) is 8.24. The fourth-order valence-corrected chi connectivity index (χ4v) is 7.19. The van der Waals surface area contributed by atoms with Crippen molar-refractivity contribution in [3.63, 3.8) is 0 Å². The van der Waals surface area contributed by atoms with Crippen molar-refractivity contribution in [1.29, 1.82) is 0 Å². The number of amides is 1. The number of rotatable bonds is 6. The zero-order valence-electron chi connectivity index (χ0n) is 27.2. The Morgan fingerprint density at radius 2 is 1.71 bits per heavy atom. The number of methoxy groups -OCH3 is 1. The predicted molar refractivity (Wildman–Crippen MR) is 185 cm³/mol. The fourth-order valence-electron chi connectivity index (χ4n) is 5.58. The van der Waals surface area contributed by atoms with E-state index in [4.69, 9.17) is 26.2 Å². The van der Waals surface area contributed by atoms with Gasteiger partial charge < -0.3 is 25.8 Å². The third-order valence-corrected chi connectivity index (χ3v) is 10.4. The summed E-state index contributed by atoms with van der Waals surface area (Å²) in [5, 5.41) is 17.2. The van der Waals surface area contributed by atoms with Crippen molar-refractivity contribution in [1.82, 2.24) is 14.3 Å². The van der Waals surface area contributed by atoms with Crippen LogP contribution in [0.25, 0.3) is 0 Å². The summed E-state index contributed by atoms with van der Waals surface area (Å²) in [6, 6.07) is 20.3. The summed E-state index contributed by atoms with van der Waals surface area (Å²) in [5.41, 5.74) is 4.53. The number of carbonyl (C=O) groups excluding carboxylic acids is 1. The molecule has 0 saturated carbocycles. The molecule has 12 nitrogen and oxygen atoms in total. The molecule has 4 aromatic rings. The summed E-state index contributed by atoms with van der Waals surface area (Å²) in [7, 11) is -2.06. The highest BCUT2D eigenvalue weighted by atomic mass is 35.5. The van der Waals surface area contributed by atoms with Crippen molar-refractivity contribution >= 4 is 62.3 Å². The molecule has 1 fully saturated rings. The van der Waals surface area contributed by atoms with Crippen molar-refractivity contribution < 1.29 is 41.0 Å². The number of ether oxygens (including phenoxy) is 1. The van der Waals surface area contributed by atoms with Crippen molar-refractivity contribution in [3.05, 3.63) is 89.1 Å². The average Bonchev–Trinajstić information content (AvgIpc) is 3.10. The first-order valence-corrected chi connectivity index (χ1v) is 17.6. The Kier molecular flexibility index (Phi) is 11.7. The molecule has 51 heavy (non-hydrogen) atoms. The maximum absolute atomic E-state index is 13.2. The Morgan fingerprint density at radius 3 is 2.37 bits per heavy atom. The fraction of sp³-hybridized carbons (Fsp3) is 0.294. The maximum Gasteiger partial charge on any atom is 0.490 e. The van der Waals surface area contributed by atoms with Crippen LogP contribution >= 0.6 is 11.6 Å². The number of fused-ring (bicyclic) bond motifs is 6. The number of hydrogen-bond donors (Lipinski definition) is 4. The highest BCUT2D eigenvalue weighted by Gasteiger charge is 2.38. The molecule has 6 bridgehead atoms. The molecule has 4 N–H and O–H groups in total. The molecule has 3 aromatic carbocycles. The van der Waals surface area contributed by atoms with Gasteiger partial charge in [0.25, 0.3) is 0 Å². The number of carbonyl (C=O) groups is 2. The van der Waals surface area contributed by atoms with Crippen LogP contribution in [-0.2, 0) is 32.5 Å². The quantitative estimate of drug-likeness (QED) is 0.165. The number of piperidine rings is 1. The summed E-state index contributed by atoms with van der Waals surface area (Å²) in [6.07, 6.45) is -0.509. The van der Waals surface area contributed by atoms with E-state index in [-0.39, 0.29) is 16.7 Å². The second-order valence-corrected chi connectivity index (χ2v) is 14.1. The van der Waals surface area contributed by atoms with Gasteiger partial charge in [-0.1, -0.05) is 23.7 Å². The van der Waals surface area contributed by atoms with E-state index in [2.05, 4.69) is 38.1 Å². The molecular weight excluding hydrogens is 713 g/mol. The first-order chi connectivity index (χ1) is 24.2. The average molecular weight is 747 g/mol. The molecule has 1 aromatic heterocycles. The Labute approximate surface area is 297 Å². The zero-order valence-corrected chi connectivity index (χ0v) is 28.8. The predicted octanol–water partition coefficient (Wildman–Crippen LogP) is 6.79. The molecule has 0 spiro atoms. The molecule has 1 saturated heterocycles. The Balaban J connectivity index is 0.000000654. The topological polar surface area (TPSA) is 163 Å². The van der Waals surface area contributed by atoms with Gasteiger partial charge in [0.15, 0.2) is 5.82 Å². The molecular formula is C34H34ClF3N6O6S. The number of aryl methyl sites for hydroxylation is 2. The maximum atomic E-state index is 13.2. The van der Waals surface area contributed by atoms with E-state index in [0.29, 0.717) is 61.3 Å². The number of nitrogens with one attached hydrogen (secondary N) is 3.